The fraction of sp³-hybridized carbons (Fsp3) is 0.0714. The lowest BCUT2D eigenvalue weighted by molar-refractivity contribution is 0.102. The number of halogens is 2. The number of hydrogen-bond donors (Lipinski definition) is 2. The molecular formula is C14H12F2N2O. The maximum atomic E-state index is 13.6. The third kappa shape index (κ3) is 3.14. The van der Waals surface area contributed by atoms with E-state index in [4.69, 9.17) is 5.73 Å². The van der Waals surface area contributed by atoms with Crippen LogP contribution in [0.4, 0.5) is 14.5 Å². The highest BCUT2D eigenvalue weighted by molar-refractivity contribution is 6.04. The van der Waals surface area contributed by atoms with Gasteiger partial charge < -0.3 is 11.1 Å². The molecule has 0 aromatic heterocycles. The van der Waals surface area contributed by atoms with Crippen LogP contribution in [-0.2, 0) is 6.54 Å². The fourth-order valence-electron chi connectivity index (χ4n) is 1.61. The number of nitrogens with one attached hydrogen (secondary N) is 1. The van der Waals surface area contributed by atoms with Gasteiger partial charge in [-0.25, -0.2) is 8.78 Å². The summed E-state index contributed by atoms with van der Waals surface area (Å²) in [6, 6.07) is 9.47. The zero-order chi connectivity index (χ0) is 13.8. The molecule has 0 aliphatic heterocycles. The molecule has 3 N–H and O–H groups in total. The van der Waals surface area contributed by atoms with E-state index in [2.05, 4.69) is 5.32 Å². The number of carbonyl (C=O) groups is 1. The van der Waals surface area contributed by atoms with Crippen molar-refractivity contribution in [1.29, 1.82) is 0 Å². The van der Waals surface area contributed by atoms with E-state index in [0.717, 1.165) is 6.07 Å². The molecule has 98 valence electrons. The standard InChI is InChI=1S/C14H12F2N2O/c15-11-3-1-2-10(7-11)14(19)18-13-5-4-9(8-17)6-12(13)16/h1-7H,8,17H2,(H,18,19). The van der Waals surface area contributed by atoms with Gasteiger partial charge in [0, 0.05) is 12.1 Å². The number of hydrogen-bond acceptors (Lipinski definition) is 2. The van der Waals surface area contributed by atoms with E-state index in [9.17, 15) is 13.6 Å². The minimum absolute atomic E-state index is 0.0338. The summed E-state index contributed by atoms with van der Waals surface area (Å²) in [7, 11) is 0. The second-order valence-electron chi connectivity index (χ2n) is 3.98. The molecule has 0 atom stereocenters. The summed E-state index contributed by atoms with van der Waals surface area (Å²) >= 11 is 0. The quantitative estimate of drug-likeness (QED) is 0.893. The predicted octanol–water partition coefficient (Wildman–Crippen LogP) is 2.68. The van der Waals surface area contributed by atoms with Crippen LogP contribution in [-0.4, -0.2) is 5.91 Å². The molecule has 0 unspecified atom stereocenters. The van der Waals surface area contributed by atoms with Gasteiger partial charge >= 0.3 is 0 Å². The van der Waals surface area contributed by atoms with Crippen molar-refractivity contribution in [3.05, 3.63) is 65.2 Å². The first-order chi connectivity index (χ1) is 9.10. The molecule has 0 bridgehead atoms. The molecule has 2 aromatic carbocycles. The average Bonchev–Trinajstić information content (AvgIpc) is 2.41. The van der Waals surface area contributed by atoms with Gasteiger partial charge in [-0.05, 0) is 35.9 Å². The Bertz CT molecular complexity index is 614. The van der Waals surface area contributed by atoms with Gasteiger partial charge in [0.25, 0.3) is 5.91 Å². The van der Waals surface area contributed by atoms with Gasteiger partial charge in [0.05, 0.1) is 5.69 Å². The van der Waals surface area contributed by atoms with Crippen molar-refractivity contribution in [2.75, 3.05) is 5.32 Å². The molecular weight excluding hydrogens is 250 g/mol. The van der Waals surface area contributed by atoms with Gasteiger partial charge in [0.15, 0.2) is 0 Å². The highest BCUT2D eigenvalue weighted by Gasteiger charge is 2.10. The lowest BCUT2D eigenvalue weighted by atomic mass is 10.1. The minimum Gasteiger partial charge on any atom is -0.326 e. The second kappa shape index (κ2) is 5.58. The van der Waals surface area contributed by atoms with Crippen LogP contribution in [0.5, 0.6) is 0 Å². The van der Waals surface area contributed by atoms with Gasteiger partial charge in [-0.2, -0.15) is 0 Å². The van der Waals surface area contributed by atoms with Crippen LogP contribution in [0.1, 0.15) is 15.9 Å². The maximum absolute atomic E-state index is 13.6. The molecule has 19 heavy (non-hydrogen) atoms. The van der Waals surface area contributed by atoms with E-state index < -0.39 is 17.5 Å². The van der Waals surface area contributed by atoms with E-state index >= 15 is 0 Å². The molecule has 0 fully saturated rings. The lowest BCUT2D eigenvalue weighted by Gasteiger charge is -2.07. The smallest absolute Gasteiger partial charge is 0.255 e. The molecule has 3 nitrogen and oxygen atoms in total. The molecule has 0 spiro atoms. The van der Waals surface area contributed by atoms with Crippen molar-refractivity contribution in [2.45, 2.75) is 6.54 Å². The number of nitrogens with two attached hydrogens (primary N) is 1. The number of rotatable bonds is 3. The maximum Gasteiger partial charge on any atom is 0.255 e. The molecule has 5 heteroatoms. The molecule has 0 heterocycles. The first-order valence-corrected chi connectivity index (χ1v) is 5.65. The van der Waals surface area contributed by atoms with Gasteiger partial charge in [-0.1, -0.05) is 12.1 Å². The molecule has 1 amide bonds. The third-order valence-corrected chi connectivity index (χ3v) is 2.60. The largest absolute Gasteiger partial charge is 0.326 e. The number of benzene rings is 2. The predicted molar refractivity (Wildman–Crippen MR) is 68.6 cm³/mol. The van der Waals surface area contributed by atoms with E-state index in [0.29, 0.717) is 5.56 Å². The average molecular weight is 262 g/mol. The summed E-state index contributed by atoms with van der Waals surface area (Å²) in [6.45, 7) is 0.217. The van der Waals surface area contributed by atoms with Crippen LogP contribution in [0.25, 0.3) is 0 Å². The lowest BCUT2D eigenvalue weighted by Crippen LogP contribution is -2.13. The Labute approximate surface area is 109 Å². The molecule has 0 radical (unpaired) electrons. The zero-order valence-electron chi connectivity index (χ0n) is 9.99. The molecule has 0 aliphatic carbocycles. The van der Waals surface area contributed by atoms with Crippen molar-refractivity contribution < 1.29 is 13.6 Å². The monoisotopic (exact) mass is 262 g/mol. The zero-order valence-corrected chi connectivity index (χ0v) is 9.99. The Morgan fingerprint density at radius 2 is 1.95 bits per heavy atom. The molecule has 0 saturated heterocycles. The summed E-state index contributed by atoms with van der Waals surface area (Å²) in [5, 5.41) is 2.38. The summed E-state index contributed by atoms with van der Waals surface area (Å²) in [4.78, 5) is 11.8. The van der Waals surface area contributed by atoms with Crippen LogP contribution in [0.3, 0.4) is 0 Å². The van der Waals surface area contributed by atoms with Crippen molar-refractivity contribution in [1.82, 2.24) is 0 Å². The van der Waals surface area contributed by atoms with Crippen molar-refractivity contribution in [3.63, 3.8) is 0 Å². The minimum atomic E-state index is -0.576. The SMILES string of the molecule is NCc1ccc(NC(=O)c2cccc(F)c2)c(F)c1. The summed E-state index contributed by atoms with van der Waals surface area (Å²) in [6.07, 6.45) is 0. The Kier molecular flexibility index (Phi) is 3.87. The number of carbonyl (C=O) groups excluding carboxylic acids is 1. The number of amides is 1. The first kappa shape index (κ1) is 13.2. The third-order valence-electron chi connectivity index (χ3n) is 2.60. The van der Waals surface area contributed by atoms with Crippen LogP contribution >= 0.6 is 0 Å². The topological polar surface area (TPSA) is 55.1 Å². The Hall–Kier alpha value is -2.27. The fourth-order valence-corrected chi connectivity index (χ4v) is 1.61. The van der Waals surface area contributed by atoms with Gasteiger partial charge in [-0.15, -0.1) is 0 Å². The van der Waals surface area contributed by atoms with Gasteiger partial charge in [0.1, 0.15) is 11.6 Å². The van der Waals surface area contributed by atoms with Crippen molar-refractivity contribution in [2.24, 2.45) is 5.73 Å². The van der Waals surface area contributed by atoms with E-state index in [1.54, 1.807) is 6.07 Å². The van der Waals surface area contributed by atoms with Crippen molar-refractivity contribution in [3.8, 4) is 0 Å². The van der Waals surface area contributed by atoms with Crippen LogP contribution in [0.15, 0.2) is 42.5 Å². The molecule has 2 aromatic rings. The van der Waals surface area contributed by atoms with Crippen LogP contribution in [0, 0.1) is 11.6 Å². The normalized spacial score (nSPS) is 10.3. The highest BCUT2D eigenvalue weighted by Crippen LogP contribution is 2.17. The van der Waals surface area contributed by atoms with Crippen molar-refractivity contribution >= 4 is 11.6 Å². The Morgan fingerprint density at radius 3 is 2.58 bits per heavy atom. The highest BCUT2D eigenvalue weighted by atomic mass is 19.1. The Morgan fingerprint density at radius 1 is 1.16 bits per heavy atom. The molecule has 2 rings (SSSR count). The second-order valence-corrected chi connectivity index (χ2v) is 3.98. The summed E-state index contributed by atoms with van der Waals surface area (Å²) in [5.41, 5.74) is 6.17. The first-order valence-electron chi connectivity index (χ1n) is 5.65. The summed E-state index contributed by atoms with van der Waals surface area (Å²) < 4.78 is 26.6. The van der Waals surface area contributed by atoms with E-state index in [1.807, 2.05) is 0 Å². The molecule has 0 saturated carbocycles. The summed E-state index contributed by atoms with van der Waals surface area (Å²) in [5.74, 6) is -1.67. The Balaban J connectivity index is 2.19. The van der Waals surface area contributed by atoms with Crippen LogP contribution in [0.2, 0.25) is 0 Å². The van der Waals surface area contributed by atoms with Crippen LogP contribution < -0.4 is 11.1 Å². The number of anilines is 1. The van der Waals surface area contributed by atoms with Gasteiger partial charge in [0.2, 0.25) is 0 Å². The van der Waals surface area contributed by atoms with E-state index in [1.165, 1.54) is 30.3 Å². The molecule has 0 aliphatic rings. The van der Waals surface area contributed by atoms with Gasteiger partial charge in [-0.3, -0.25) is 4.79 Å². The van der Waals surface area contributed by atoms with E-state index in [-0.39, 0.29) is 17.8 Å².